The van der Waals surface area contributed by atoms with E-state index in [9.17, 15) is 0 Å². The molecule has 1 heterocycles. The number of hydrogen-bond acceptors (Lipinski definition) is 0. The van der Waals surface area contributed by atoms with Crippen LogP contribution in [0.2, 0.25) is 0 Å². The fourth-order valence-corrected chi connectivity index (χ4v) is 2.71. The lowest BCUT2D eigenvalue weighted by atomic mass is 10.1. The summed E-state index contributed by atoms with van der Waals surface area (Å²) in [6, 6.07) is 8.55. The molecular weight excluding hydrogens is 230 g/mol. The van der Waals surface area contributed by atoms with E-state index in [2.05, 4.69) is 36.5 Å². The van der Waals surface area contributed by atoms with Crippen molar-refractivity contribution in [1.82, 2.24) is 5.32 Å². The Morgan fingerprint density at radius 1 is 0.842 bits per heavy atom. The Morgan fingerprint density at radius 3 is 2.32 bits per heavy atom. The highest BCUT2D eigenvalue weighted by atomic mass is 14.9. The number of hydrogen-bond donors (Lipinski definition) is 0. The molecule has 0 N–H and O–H groups in total. The molecule has 2 rings (SSSR count). The molecule has 0 atom stereocenters. The van der Waals surface area contributed by atoms with Crippen LogP contribution in [0.3, 0.4) is 0 Å². The van der Waals surface area contributed by atoms with Gasteiger partial charge in [-0.05, 0) is 12.8 Å². The second-order valence-corrected chi connectivity index (χ2v) is 5.52. The number of unbranched alkanes of at least 4 members (excludes halogenated alkanes) is 7. The van der Waals surface area contributed by atoms with Crippen molar-refractivity contribution in [2.45, 2.75) is 64.7 Å². The van der Waals surface area contributed by atoms with Gasteiger partial charge < -0.3 is 0 Å². The van der Waals surface area contributed by atoms with Gasteiger partial charge >= 0.3 is 0 Å². The van der Waals surface area contributed by atoms with Gasteiger partial charge in [0.15, 0.2) is 0 Å². The average molecular weight is 256 g/mol. The van der Waals surface area contributed by atoms with Crippen LogP contribution in [0.25, 0.3) is 11.9 Å². The van der Waals surface area contributed by atoms with Crippen molar-refractivity contribution in [3.8, 4) is 0 Å². The predicted molar refractivity (Wildman–Crippen MR) is 82.9 cm³/mol. The zero-order valence-corrected chi connectivity index (χ0v) is 12.2. The van der Waals surface area contributed by atoms with E-state index in [1.165, 1.54) is 67.5 Å². The Bertz CT molecular complexity index is 487. The maximum atomic E-state index is 4.55. The van der Waals surface area contributed by atoms with Gasteiger partial charge in [0.1, 0.15) is 0 Å². The fraction of sp³-hybridized carbons (Fsp3) is 0.556. The highest BCUT2D eigenvalue weighted by Gasteiger charge is 2.05. The third kappa shape index (κ3) is 4.41. The number of nitrogens with zero attached hydrogens (tertiary/aromatic N) is 1. The molecule has 103 valence electrons. The first-order valence-electron chi connectivity index (χ1n) is 7.91. The van der Waals surface area contributed by atoms with E-state index in [4.69, 9.17) is 0 Å². The largest absolute Gasteiger partial charge is 0.260 e. The first-order chi connectivity index (χ1) is 9.42. The third-order valence-corrected chi connectivity index (χ3v) is 3.90. The van der Waals surface area contributed by atoms with Gasteiger partial charge in [0.05, 0.1) is 0 Å². The maximum absolute atomic E-state index is 4.55. The zero-order chi connectivity index (χ0) is 13.3. The summed E-state index contributed by atoms with van der Waals surface area (Å²) < 4.78 is 0. The van der Waals surface area contributed by atoms with E-state index in [1.54, 1.807) is 0 Å². The van der Waals surface area contributed by atoms with Gasteiger partial charge in [-0.25, -0.2) is 0 Å². The van der Waals surface area contributed by atoms with E-state index < -0.39 is 0 Å². The standard InChI is InChI=1S/C18H26N/c1-2-3-4-5-6-7-8-9-14-18-17-13-11-10-12-16(17)15-19-18/h10-13,15H,2-9,14H2,1H3. The molecule has 19 heavy (non-hydrogen) atoms. The molecule has 0 saturated carbocycles. The minimum Gasteiger partial charge on any atom is -0.260 e. The van der Waals surface area contributed by atoms with Gasteiger partial charge in [-0.3, -0.25) is 5.32 Å². The molecule has 1 radical (unpaired) electrons. The molecular formula is C18H26N. The second kappa shape index (κ2) is 8.04. The van der Waals surface area contributed by atoms with Gasteiger partial charge in [-0.1, -0.05) is 76.1 Å². The minimum absolute atomic E-state index is 1.14. The summed E-state index contributed by atoms with van der Waals surface area (Å²) in [5, 5.41) is 7.19. The van der Waals surface area contributed by atoms with Crippen LogP contribution < -0.4 is 15.8 Å². The van der Waals surface area contributed by atoms with Crippen LogP contribution in [-0.4, -0.2) is 0 Å². The smallest absolute Gasteiger partial charge is 0.0482 e. The molecule has 0 bridgehead atoms. The summed E-state index contributed by atoms with van der Waals surface area (Å²) in [6.07, 6.45) is 14.2. The summed E-state index contributed by atoms with van der Waals surface area (Å²) in [6.45, 7) is 2.27. The highest BCUT2D eigenvalue weighted by molar-refractivity contribution is 5.54. The van der Waals surface area contributed by atoms with Crippen LogP contribution in [0.15, 0.2) is 24.3 Å². The molecule has 1 nitrogen and oxygen atoms in total. The lowest BCUT2D eigenvalue weighted by Gasteiger charge is -2.03. The Morgan fingerprint density at radius 2 is 1.53 bits per heavy atom. The molecule has 0 amide bonds. The Hall–Kier alpha value is -1.24. The van der Waals surface area contributed by atoms with E-state index in [0.717, 1.165) is 6.42 Å². The first-order valence-corrected chi connectivity index (χ1v) is 7.91. The van der Waals surface area contributed by atoms with Crippen LogP contribution in [0, 0.1) is 0 Å². The van der Waals surface area contributed by atoms with Gasteiger partial charge in [0, 0.05) is 22.3 Å². The summed E-state index contributed by atoms with van der Waals surface area (Å²) in [5.74, 6) is 0. The third-order valence-electron chi connectivity index (χ3n) is 3.90. The summed E-state index contributed by atoms with van der Waals surface area (Å²) in [4.78, 5) is 0. The molecule has 1 heteroatoms. The van der Waals surface area contributed by atoms with Crippen LogP contribution in [0.4, 0.5) is 0 Å². The van der Waals surface area contributed by atoms with Gasteiger partial charge in [-0.15, -0.1) is 0 Å². The fourth-order valence-electron chi connectivity index (χ4n) is 2.71. The van der Waals surface area contributed by atoms with Crippen LogP contribution in [0.1, 0.15) is 64.7 Å². The molecule has 0 unspecified atom stereocenters. The van der Waals surface area contributed by atoms with Crippen molar-refractivity contribution in [2.24, 2.45) is 0 Å². The molecule has 1 aromatic carbocycles. The van der Waals surface area contributed by atoms with Gasteiger partial charge in [0.2, 0.25) is 0 Å². The number of benzene rings is 1. The lowest BCUT2D eigenvalue weighted by molar-refractivity contribution is 0.577. The van der Waals surface area contributed by atoms with Crippen molar-refractivity contribution in [1.29, 1.82) is 0 Å². The zero-order valence-electron chi connectivity index (χ0n) is 12.2. The Labute approximate surface area is 117 Å². The maximum Gasteiger partial charge on any atom is 0.0482 e. The molecule has 0 aromatic heterocycles. The van der Waals surface area contributed by atoms with E-state index >= 15 is 0 Å². The monoisotopic (exact) mass is 256 g/mol. The molecule has 0 fully saturated rings. The topological polar surface area (TPSA) is 14.1 Å². The van der Waals surface area contributed by atoms with E-state index in [0.29, 0.717) is 0 Å². The van der Waals surface area contributed by atoms with Crippen molar-refractivity contribution in [2.75, 3.05) is 0 Å². The number of rotatable bonds is 9. The molecule has 1 aliphatic rings. The average Bonchev–Trinajstić information content (AvgIpc) is 2.85. The summed E-state index contributed by atoms with van der Waals surface area (Å²) in [5.41, 5.74) is 1.29. The van der Waals surface area contributed by atoms with E-state index in [-0.39, 0.29) is 0 Å². The predicted octanol–water partition coefficient (Wildman–Crippen LogP) is 3.68. The quantitative estimate of drug-likeness (QED) is 0.598. The van der Waals surface area contributed by atoms with Gasteiger partial charge in [-0.2, -0.15) is 0 Å². The molecule has 0 aliphatic carbocycles. The highest BCUT2D eigenvalue weighted by Crippen LogP contribution is 2.12. The Kier molecular flexibility index (Phi) is 6.00. The van der Waals surface area contributed by atoms with Gasteiger partial charge in [0.25, 0.3) is 0 Å². The van der Waals surface area contributed by atoms with Crippen LogP contribution in [-0.2, 0) is 0 Å². The van der Waals surface area contributed by atoms with E-state index in [1.807, 2.05) is 6.20 Å². The number of fused-ring (bicyclic) bond motifs is 1. The SMILES string of the molecule is CCCCCCCCCCC1=c2ccccc2=C[N]1. The van der Waals surface area contributed by atoms with Crippen molar-refractivity contribution < 1.29 is 0 Å². The summed E-state index contributed by atoms with van der Waals surface area (Å²) in [7, 11) is 0. The Balaban J connectivity index is 1.64. The van der Waals surface area contributed by atoms with Crippen LogP contribution >= 0.6 is 0 Å². The molecule has 1 aliphatic heterocycles. The van der Waals surface area contributed by atoms with Crippen molar-refractivity contribution in [3.05, 3.63) is 34.7 Å². The normalized spacial score (nSPS) is 13.0. The molecule has 0 spiro atoms. The molecule has 0 saturated heterocycles. The second-order valence-electron chi connectivity index (χ2n) is 5.52. The van der Waals surface area contributed by atoms with Crippen molar-refractivity contribution in [3.63, 3.8) is 0 Å². The first kappa shape index (κ1) is 14.2. The lowest BCUT2D eigenvalue weighted by Crippen LogP contribution is -2.21. The van der Waals surface area contributed by atoms with Crippen molar-refractivity contribution >= 4 is 11.9 Å². The van der Waals surface area contributed by atoms with Crippen LogP contribution in [0.5, 0.6) is 0 Å². The summed E-state index contributed by atoms with van der Waals surface area (Å²) >= 11 is 0. The minimum atomic E-state index is 1.14. The molecule has 1 aromatic rings.